The van der Waals surface area contributed by atoms with Gasteiger partial charge in [0.25, 0.3) is 5.91 Å². The Morgan fingerprint density at radius 3 is 2.32 bits per heavy atom. The lowest BCUT2D eigenvalue weighted by Gasteiger charge is -2.09. The Morgan fingerprint density at radius 2 is 1.71 bits per heavy atom. The summed E-state index contributed by atoms with van der Waals surface area (Å²) < 4.78 is 5.49. The van der Waals surface area contributed by atoms with Crippen LogP contribution in [-0.4, -0.2) is 23.6 Å². The maximum absolute atomic E-state index is 12.0. The number of carbonyl (C=O) groups excluding carboxylic acids is 1. The van der Waals surface area contributed by atoms with Crippen LogP contribution in [-0.2, 0) is 4.79 Å². The van der Waals surface area contributed by atoms with E-state index in [-0.39, 0.29) is 18.1 Å². The molecule has 3 rings (SSSR count). The Labute approximate surface area is 184 Å². The fourth-order valence-corrected chi connectivity index (χ4v) is 2.97. The molecule has 0 saturated heterocycles. The molecule has 0 aliphatic carbocycles. The van der Waals surface area contributed by atoms with Crippen LogP contribution in [0.4, 0.5) is 5.69 Å². The summed E-state index contributed by atoms with van der Waals surface area (Å²) in [5, 5.41) is 21.5. The number of carboxylic acid groups (broad SMARTS) is 1. The zero-order valence-corrected chi connectivity index (χ0v) is 17.0. The van der Waals surface area contributed by atoms with Gasteiger partial charge in [0.1, 0.15) is 5.75 Å². The number of allylic oxidation sites excluding steroid dienone is 1. The van der Waals surface area contributed by atoms with Crippen molar-refractivity contribution in [3.05, 3.63) is 94.5 Å². The van der Waals surface area contributed by atoms with Gasteiger partial charge in [-0.1, -0.05) is 48.0 Å². The van der Waals surface area contributed by atoms with Crippen molar-refractivity contribution in [1.29, 1.82) is 5.26 Å². The third-order valence-electron chi connectivity index (χ3n) is 4.25. The maximum atomic E-state index is 12.0. The van der Waals surface area contributed by atoms with Crippen LogP contribution in [0.1, 0.15) is 21.5 Å². The highest BCUT2D eigenvalue weighted by molar-refractivity contribution is 6.32. The molecule has 0 saturated carbocycles. The molecular formula is C24H17ClN2O4. The predicted molar refractivity (Wildman–Crippen MR) is 119 cm³/mol. The van der Waals surface area contributed by atoms with E-state index in [1.165, 1.54) is 12.1 Å². The van der Waals surface area contributed by atoms with Crippen LogP contribution in [0, 0.1) is 11.3 Å². The third kappa shape index (κ3) is 5.95. The molecule has 3 aromatic carbocycles. The molecule has 154 valence electrons. The molecule has 0 fully saturated rings. The molecule has 0 aliphatic rings. The molecule has 6 nitrogen and oxygen atoms in total. The summed E-state index contributed by atoms with van der Waals surface area (Å²) in [6, 6.07) is 22.1. The van der Waals surface area contributed by atoms with E-state index >= 15 is 0 Å². The van der Waals surface area contributed by atoms with Crippen LogP contribution < -0.4 is 10.1 Å². The van der Waals surface area contributed by atoms with Crippen LogP contribution in [0.25, 0.3) is 11.6 Å². The molecule has 0 atom stereocenters. The number of aromatic carboxylic acids is 1. The number of halogens is 1. The standard InChI is InChI=1S/C24H17ClN2O4/c25-21-13-16(12-19(14-26)17-7-9-18(10-8-17)24(29)30)6-11-22(21)31-15-23(28)27-20-4-2-1-3-5-20/h1-13H,15H2,(H,27,28)(H,29,30). The number of ether oxygens (including phenoxy) is 1. The van der Waals surface area contributed by atoms with Crippen LogP contribution in [0.2, 0.25) is 5.02 Å². The van der Waals surface area contributed by atoms with Gasteiger partial charge in [-0.3, -0.25) is 4.79 Å². The Balaban J connectivity index is 1.68. The van der Waals surface area contributed by atoms with Gasteiger partial charge in [0.15, 0.2) is 6.61 Å². The van der Waals surface area contributed by atoms with Gasteiger partial charge in [0.05, 0.1) is 22.2 Å². The minimum atomic E-state index is -1.03. The first-order chi connectivity index (χ1) is 15.0. The Morgan fingerprint density at radius 1 is 1.03 bits per heavy atom. The van der Waals surface area contributed by atoms with Crippen LogP contribution in [0.3, 0.4) is 0 Å². The second-order valence-electron chi connectivity index (χ2n) is 6.45. The van der Waals surface area contributed by atoms with Crippen molar-refractivity contribution in [3.8, 4) is 11.8 Å². The zero-order chi connectivity index (χ0) is 22.2. The molecule has 0 aliphatic heterocycles. The predicted octanol–water partition coefficient (Wildman–Crippen LogP) is 5.12. The summed E-state index contributed by atoms with van der Waals surface area (Å²) in [6.07, 6.45) is 1.63. The highest BCUT2D eigenvalue weighted by Gasteiger charge is 2.09. The number of nitrogens with one attached hydrogen (secondary N) is 1. The number of hydrogen-bond acceptors (Lipinski definition) is 4. The van der Waals surface area contributed by atoms with E-state index in [4.69, 9.17) is 21.4 Å². The summed E-state index contributed by atoms with van der Waals surface area (Å²) in [6.45, 7) is -0.205. The molecule has 0 spiro atoms. The molecule has 0 aromatic heterocycles. The summed E-state index contributed by atoms with van der Waals surface area (Å²) >= 11 is 6.27. The van der Waals surface area contributed by atoms with E-state index in [0.29, 0.717) is 33.2 Å². The second kappa shape index (κ2) is 10.1. The molecule has 0 heterocycles. The van der Waals surface area contributed by atoms with E-state index in [0.717, 1.165) is 0 Å². The van der Waals surface area contributed by atoms with Gasteiger partial charge in [0, 0.05) is 5.69 Å². The summed E-state index contributed by atoms with van der Waals surface area (Å²) in [5.41, 5.74) is 2.40. The molecule has 2 N–H and O–H groups in total. The molecular weight excluding hydrogens is 416 g/mol. The van der Waals surface area contributed by atoms with E-state index < -0.39 is 5.97 Å². The molecule has 3 aromatic rings. The van der Waals surface area contributed by atoms with Gasteiger partial charge >= 0.3 is 5.97 Å². The van der Waals surface area contributed by atoms with Crippen molar-refractivity contribution >= 4 is 40.8 Å². The smallest absolute Gasteiger partial charge is 0.335 e. The average molecular weight is 433 g/mol. The number of hydrogen-bond donors (Lipinski definition) is 2. The van der Waals surface area contributed by atoms with Crippen LogP contribution >= 0.6 is 11.6 Å². The van der Waals surface area contributed by atoms with Crippen LogP contribution in [0.15, 0.2) is 72.8 Å². The maximum Gasteiger partial charge on any atom is 0.335 e. The quantitative estimate of drug-likeness (QED) is 0.398. The van der Waals surface area contributed by atoms with Crippen molar-refractivity contribution in [1.82, 2.24) is 0 Å². The normalized spacial score (nSPS) is 10.8. The number of benzene rings is 3. The number of nitrogens with zero attached hydrogens (tertiary/aromatic N) is 1. The van der Waals surface area contributed by atoms with Crippen molar-refractivity contribution in [2.75, 3.05) is 11.9 Å². The fourth-order valence-electron chi connectivity index (χ4n) is 2.72. The number of anilines is 1. The monoisotopic (exact) mass is 432 g/mol. The summed E-state index contributed by atoms with van der Waals surface area (Å²) in [5.74, 6) is -1.01. The molecule has 1 amide bonds. The summed E-state index contributed by atoms with van der Waals surface area (Å²) in [7, 11) is 0. The molecule has 0 radical (unpaired) electrons. The van der Waals surface area contributed by atoms with Crippen molar-refractivity contribution in [2.45, 2.75) is 0 Å². The Kier molecular flexibility index (Phi) is 7.05. The lowest BCUT2D eigenvalue weighted by Crippen LogP contribution is -2.20. The highest BCUT2D eigenvalue weighted by atomic mass is 35.5. The average Bonchev–Trinajstić information content (AvgIpc) is 2.77. The topological polar surface area (TPSA) is 99.4 Å². The van der Waals surface area contributed by atoms with Gasteiger partial charge in [0.2, 0.25) is 0 Å². The highest BCUT2D eigenvalue weighted by Crippen LogP contribution is 2.28. The van der Waals surface area contributed by atoms with Gasteiger partial charge in [-0.05, 0) is 53.6 Å². The lowest BCUT2D eigenvalue weighted by molar-refractivity contribution is -0.118. The van der Waals surface area contributed by atoms with Crippen molar-refractivity contribution in [2.24, 2.45) is 0 Å². The number of nitriles is 1. The number of amides is 1. The number of carbonyl (C=O) groups is 2. The Bertz CT molecular complexity index is 1170. The minimum Gasteiger partial charge on any atom is -0.482 e. The molecule has 31 heavy (non-hydrogen) atoms. The second-order valence-corrected chi connectivity index (χ2v) is 6.85. The first-order valence-electron chi connectivity index (χ1n) is 9.19. The first-order valence-corrected chi connectivity index (χ1v) is 9.57. The molecule has 0 unspecified atom stereocenters. The van der Waals surface area contributed by atoms with E-state index in [9.17, 15) is 14.9 Å². The zero-order valence-electron chi connectivity index (χ0n) is 16.2. The molecule has 7 heteroatoms. The van der Waals surface area contributed by atoms with Crippen molar-refractivity contribution < 1.29 is 19.4 Å². The third-order valence-corrected chi connectivity index (χ3v) is 4.54. The van der Waals surface area contributed by atoms with E-state index in [1.807, 2.05) is 18.2 Å². The summed E-state index contributed by atoms with van der Waals surface area (Å²) in [4.78, 5) is 23.0. The van der Waals surface area contributed by atoms with Gasteiger partial charge in [-0.15, -0.1) is 0 Å². The lowest BCUT2D eigenvalue weighted by atomic mass is 10.0. The first kappa shape index (κ1) is 21.6. The van der Waals surface area contributed by atoms with Gasteiger partial charge in [-0.2, -0.15) is 5.26 Å². The molecule has 0 bridgehead atoms. The van der Waals surface area contributed by atoms with Crippen LogP contribution in [0.5, 0.6) is 5.75 Å². The minimum absolute atomic E-state index is 0.141. The number of rotatable bonds is 7. The SMILES string of the molecule is N#CC(=Cc1ccc(OCC(=O)Nc2ccccc2)c(Cl)c1)c1ccc(C(=O)O)cc1. The van der Waals surface area contributed by atoms with E-state index in [2.05, 4.69) is 11.4 Å². The van der Waals surface area contributed by atoms with E-state index in [1.54, 1.807) is 48.5 Å². The number of carboxylic acids is 1. The number of para-hydroxylation sites is 1. The van der Waals surface area contributed by atoms with Gasteiger partial charge < -0.3 is 15.2 Å². The van der Waals surface area contributed by atoms with Crippen molar-refractivity contribution in [3.63, 3.8) is 0 Å². The fraction of sp³-hybridized carbons (Fsp3) is 0.0417. The largest absolute Gasteiger partial charge is 0.482 e. The van der Waals surface area contributed by atoms with Gasteiger partial charge in [-0.25, -0.2) is 4.79 Å². The Hall–Kier alpha value is -4.08.